The Hall–Kier alpha value is -2.53. The number of amides is 1. The Kier molecular flexibility index (Phi) is 5.82. The fourth-order valence-electron chi connectivity index (χ4n) is 2.27. The third kappa shape index (κ3) is 4.49. The monoisotopic (exact) mass is 328 g/mol. The molecule has 2 rings (SSSR count). The third-order valence-electron chi connectivity index (χ3n) is 3.98. The van der Waals surface area contributed by atoms with Crippen molar-refractivity contribution >= 4 is 17.4 Å². The molecule has 1 atom stereocenters. The van der Waals surface area contributed by atoms with Crippen LogP contribution in [-0.4, -0.2) is 29.7 Å². The van der Waals surface area contributed by atoms with Gasteiger partial charge in [-0.2, -0.15) is 0 Å². The van der Waals surface area contributed by atoms with Gasteiger partial charge in [-0.15, -0.1) is 0 Å². The molecule has 0 saturated heterocycles. The van der Waals surface area contributed by atoms with Gasteiger partial charge in [0.05, 0.1) is 6.04 Å². The largest absolute Gasteiger partial charge is 0.325 e. The van der Waals surface area contributed by atoms with Gasteiger partial charge in [0, 0.05) is 23.4 Å². The Labute approximate surface area is 141 Å². The molecule has 0 spiro atoms. The molecule has 2 aromatic rings. The predicted octanol–water partition coefficient (Wildman–Crippen LogP) is 3.49. The van der Waals surface area contributed by atoms with E-state index in [1.165, 1.54) is 13.0 Å². The van der Waals surface area contributed by atoms with Gasteiger partial charge in [-0.05, 0) is 51.2 Å². The predicted molar refractivity (Wildman–Crippen MR) is 92.4 cm³/mol. The van der Waals surface area contributed by atoms with E-state index in [1.807, 2.05) is 0 Å². The molecular weight excluding hydrogens is 307 g/mol. The quantitative estimate of drug-likeness (QED) is 0.826. The van der Waals surface area contributed by atoms with Crippen molar-refractivity contribution in [3.8, 4) is 0 Å². The van der Waals surface area contributed by atoms with Crippen molar-refractivity contribution in [2.75, 3.05) is 12.4 Å². The highest BCUT2D eigenvalue weighted by atomic mass is 19.1. The van der Waals surface area contributed by atoms with E-state index in [1.54, 1.807) is 61.3 Å². The molecular formula is C19H21FN2O2. The SMILES string of the molecule is CC(=O)c1ccc(NC(=O)[C@@H](C)N(C)Cc2ccccc2F)cc1. The second-order valence-electron chi connectivity index (χ2n) is 5.81. The topological polar surface area (TPSA) is 49.4 Å². The van der Waals surface area contributed by atoms with Crippen molar-refractivity contribution in [3.05, 3.63) is 65.5 Å². The van der Waals surface area contributed by atoms with E-state index in [9.17, 15) is 14.0 Å². The van der Waals surface area contributed by atoms with Gasteiger partial charge in [0.15, 0.2) is 5.78 Å². The number of carbonyl (C=O) groups excluding carboxylic acids is 2. The summed E-state index contributed by atoms with van der Waals surface area (Å²) in [5, 5.41) is 2.80. The molecule has 4 nitrogen and oxygen atoms in total. The van der Waals surface area contributed by atoms with Crippen LogP contribution < -0.4 is 5.32 Å². The van der Waals surface area contributed by atoms with Crippen LogP contribution in [0.3, 0.4) is 0 Å². The molecule has 2 aromatic carbocycles. The summed E-state index contributed by atoms with van der Waals surface area (Å²) in [6.07, 6.45) is 0. The number of rotatable bonds is 6. The normalized spacial score (nSPS) is 12.0. The van der Waals surface area contributed by atoms with Gasteiger partial charge in [0.25, 0.3) is 0 Å². The molecule has 0 bridgehead atoms. The van der Waals surface area contributed by atoms with Crippen molar-refractivity contribution in [1.82, 2.24) is 4.90 Å². The van der Waals surface area contributed by atoms with E-state index >= 15 is 0 Å². The molecule has 0 aliphatic carbocycles. The number of hydrogen-bond donors (Lipinski definition) is 1. The summed E-state index contributed by atoms with van der Waals surface area (Å²) >= 11 is 0. The maximum absolute atomic E-state index is 13.7. The van der Waals surface area contributed by atoms with Crippen molar-refractivity contribution in [2.24, 2.45) is 0 Å². The number of nitrogens with one attached hydrogen (secondary N) is 1. The van der Waals surface area contributed by atoms with Crippen LogP contribution in [0, 0.1) is 5.82 Å². The van der Waals surface area contributed by atoms with Crippen molar-refractivity contribution in [1.29, 1.82) is 0 Å². The molecule has 0 aromatic heterocycles. The Morgan fingerprint density at radius 1 is 1.12 bits per heavy atom. The zero-order valence-corrected chi connectivity index (χ0v) is 14.0. The minimum Gasteiger partial charge on any atom is -0.325 e. The fraction of sp³-hybridized carbons (Fsp3) is 0.263. The van der Waals surface area contributed by atoms with Crippen molar-refractivity contribution in [3.63, 3.8) is 0 Å². The van der Waals surface area contributed by atoms with E-state index in [2.05, 4.69) is 5.32 Å². The Morgan fingerprint density at radius 3 is 2.33 bits per heavy atom. The second kappa shape index (κ2) is 7.84. The highest BCUT2D eigenvalue weighted by molar-refractivity contribution is 5.96. The molecule has 0 unspecified atom stereocenters. The minimum absolute atomic E-state index is 0.0223. The van der Waals surface area contributed by atoms with Crippen molar-refractivity contribution in [2.45, 2.75) is 26.4 Å². The molecule has 24 heavy (non-hydrogen) atoms. The number of likely N-dealkylation sites (N-methyl/N-ethyl adjacent to an activating group) is 1. The average Bonchev–Trinajstić information content (AvgIpc) is 2.56. The van der Waals surface area contributed by atoms with Crippen molar-refractivity contribution < 1.29 is 14.0 Å². The average molecular weight is 328 g/mol. The molecule has 1 amide bonds. The van der Waals surface area contributed by atoms with Crippen LogP contribution in [0.25, 0.3) is 0 Å². The van der Waals surface area contributed by atoms with Crippen LogP contribution in [0.1, 0.15) is 29.8 Å². The van der Waals surface area contributed by atoms with Crippen LogP contribution in [0.5, 0.6) is 0 Å². The molecule has 1 N–H and O–H groups in total. The highest BCUT2D eigenvalue weighted by Gasteiger charge is 2.19. The summed E-state index contributed by atoms with van der Waals surface area (Å²) < 4.78 is 13.7. The van der Waals surface area contributed by atoms with Crippen LogP contribution in [0.2, 0.25) is 0 Å². The Morgan fingerprint density at radius 2 is 1.75 bits per heavy atom. The summed E-state index contributed by atoms with van der Waals surface area (Å²) in [4.78, 5) is 25.4. The lowest BCUT2D eigenvalue weighted by atomic mass is 10.1. The number of benzene rings is 2. The van der Waals surface area contributed by atoms with Gasteiger partial charge in [0.1, 0.15) is 5.82 Å². The van der Waals surface area contributed by atoms with Gasteiger partial charge in [0.2, 0.25) is 5.91 Å². The first kappa shape index (κ1) is 17.8. The van der Waals surface area contributed by atoms with E-state index in [4.69, 9.17) is 0 Å². The van der Waals surface area contributed by atoms with Crippen LogP contribution in [0.4, 0.5) is 10.1 Å². The lowest BCUT2D eigenvalue weighted by molar-refractivity contribution is -0.120. The Bertz CT molecular complexity index is 728. The number of ketones is 1. The third-order valence-corrected chi connectivity index (χ3v) is 3.98. The van der Waals surface area contributed by atoms with Gasteiger partial charge >= 0.3 is 0 Å². The molecule has 126 valence electrons. The fourth-order valence-corrected chi connectivity index (χ4v) is 2.27. The zero-order chi connectivity index (χ0) is 17.7. The van der Waals surface area contributed by atoms with Crippen LogP contribution >= 0.6 is 0 Å². The van der Waals surface area contributed by atoms with E-state index in [0.717, 1.165) is 0 Å². The van der Waals surface area contributed by atoms with Crippen LogP contribution in [0.15, 0.2) is 48.5 Å². The molecule has 0 saturated carbocycles. The van der Waals surface area contributed by atoms with Crippen LogP contribution in [-0.2, 0) is 11.3 Å². The van der Waals surface area contributed by atoms with Gasteiger partial charge in [-0.1, -0.05) is 18.2 Å². The van der Waals surface area contributed by atoms with Gasteiger partial charge in [-0.25, -0.2) is 4.39 Å². The molecule has 5 heteroatoms. The van der Waals surface area contributed by atoms with E-state index in [0.29, 0.717) is 23.4 Å². The van der Waals surface area contributed by atoms with Gasteiger partial charge < -0.3 is 5.32 Å². The summed E-state index contributed by atoms with van der Waals surface area (Å²) in [5.74, 6) is -0.493. The highest BCUT2D eigenvalue weighted by Crippen LogP contribution is 2.14. The summed E-state index contributed by atoms with van der Waals surface area (Å²) in [6.45, 7) is 3.60. The summed E-state index contributed by atoms with van der Waals surface area (Å²) in [6, 6.07) is 12.8. The molecule has 0 aliphatic rings. The minimum atomic E-state index is -0.433. The summed E-state index contributed by atoms with van der Waals surface area (Å²) in [7, 11) is 1.77. The standard InChI is InChI=1S/C19H21FN2O2/c1-13(22(3)12-16-6-4-5-7-18(16)20)19(24)21-17-10-8-15(9-11-17)14(2)23/h4-11,13H,12H2,1-3H3,(H,21,24)/t13-/m1/s1. The first-order chi connectivity index (χ1) is 11.4. The lowest BCUT2D eigenvalue weighted by Crippen LogP contribution is -2.39. The summed E-state index contributed by atoms with van der Waals surface area (Å²) in [5.41, 5.74) is 1.76. The van der Waals surface area contributed by atoms with Gasteiger partial charge in [-0.3, -0.25) is 14.5 Å². The number of nitrogens with zero attached hydrogens (tertiary/aromatic N) is 1. The first-order valence-corrected chi connectivity index (χ1v) is 7.74. The molecule has 0 heterocycles. The number of carbonyl (C=O) groups is 2. The first-order valence-electron chi connectivity index (χ1n) is 7.74. The zero-order valence-electron chi connectivity index (χ0n) is 14.0. The lowest BCUT2D eigenvalue weighted by Gasteiger charge is -2.24. The van der Waals surface area contributed by atoms with E-state index in [-0.39, 0.29) is 17.5 Å². The van der Waals surface area contributed by atoms with E-state index < -0.39 is 6.04 Å². The molecule has 0 aliphatic heterocycles. The smallest absolute Gasteiger partial charge is 0.241 e. The molecule has 0 radical (unpaired) electrons. The number of Topliss-reactive ketones (excluding diaryl/α,β-unsaturated/α-hetero) is 1. The second-order valence-corrected chi connectivity index (χ2v) is 5.81. The maximum atomic E-state index is 13.7. The number of hydrogen-bond acceptors (Lipinski definition) is 3. The Balaban J connectivity index is 1.98. The number of anilines is 1. The maximum Gasteiger partial charge on any atom is 0.241 e. The molecule has 0 fully saturated rings. The number of halogens is 1.